The van der Waals surface area contributed by atoms with Gasteiger partial charge in [-0.15, -0.1) is 0 Å². The Morgan fingerprint density at radius 3 is 2.09 bits per heavy atom. The first-order valence-corrected chi connectivity index (χ1v) is 8.44. The first-order valence-electron chi connectivity index (χ1n) is 8.44. The zero-order valence-corrected chi connectivity index (χ0v) is 14.3. The number of hydrogen-bond donors (Lipinski definition) is 0. The minimum Gasteiger partial charge on any atom is -0.497 e. The highest BCUT2D eigenvalue weighted by Gasteiger charge is 2.20. The predicted molar refractivity (Wildman–Crippen MR) is 90.4 cm³/mol. The van der Waals surface area contributed by atoms with Gasteiger partial charge in [-0.2, -0.15) is 0 Å². The summed E-state index contributed by atoms with van der Waals surface area (Å²) >= 11 is 0. The van der Waals surface area contributed by atoms with Crippen LogP contribution >= 0.6 is 0 Å². The van der Waals surface area contributed by atoms with Gasteiger partial charge in [0.2, 0.25) is 0 Å². The largest absolute Gasteiger partial charge is 0.497 e. The molecule has 22 heavy (non-hydrogen) atoms. The van der Waals surface area contributed by atoms with Crippen LogP contribution in [0.3, 0.4) is 0 Å². The summed E-state index contributed by atoms with van der Waals surface area (Å²) in [5.74, 6) is 0.506. The van der Waals surface area contributed by atoms with E-state index in [0.29, 0.717) is 0 Å². The van der Waals surface area contributed by atoms with Crippen molar-refractivity contribution in [2.75, 3.05) is 14.2 Å². The van der Waals surface area contributed by atoms with Gasteiger partial charge in [0.15, 0.2) is 0 Å². The van der Waals surface area contributed by atoms with Gasteiger partial charge in [-0.25, -0.2) is 0 Å². The van der Waals surface area contributed by atoms with Crippen molar-refractivity contribution in [3.05, 3.63) is 29.8 Å². The Balaban J connectivity index is 2.45. The van der Waals surface area contributed by atoms with Crippen LogP contribution in [-0.2, 0) is 9.53 Å². The Morgan fingerprint density at radius 2 is 1.55 bits per heavy atom. The van der Waals surface area contributed by atoms with Gasteiger partial charge >= 0.3 is 5.97 Å². The molecule has 0 aromatic heterocycles. The number of carbonyl (C=O) groups excluding carboxylic acids is 1. The number of hydrogen-bond acceptors (Lipinski definition) is 3. The number of carbonyl (C=O) groups is 1. The lowest BCUT2D eigenvalue weighted by atomic mass is 9.93. The van der Waals surface area contributed by atoms with Crippen molar-refractivity contribution in [1.29, 1.82) is 0 Å². The highest BCUT2D eigenvalue weighted by Crippen LogP contribution is 2.26. The van der Waals surface area contributed by atoms with Crippen LogP contribution in [-0.4, -0.2) is 20.2 Å². The fraction of sp³-hybridized carbons (Fsp3) is 0.632. The monoisotopic (exact) mass is 306 g/mol. The minimum absolute atomic E-state index is 0.142. The molecule has 0 heterocycles. The Hall–Kier alpha value is -1.51. The maximum Gasteiger partial charge on any atom is 0.313 e. The number of esters is 1. The molecule has 0 bridgehead atoms. The molecule has 0 fully saturated rings. The number of methoxy groups -OCH3 is 2. The van der Waals surface area contributed by atoms with E-state index in [1.165, 1.54) is 45.6 Å². The average Bonchev–Trinajstić information content (AvgIpc) is 2.57. The van der Waals surface area contributed by atoms with Gasteiger partial charge in [0.05, 0.1) is 20.1 Å². The van der Waals surface area contributed by atoms with Crippen molar-refractivity contribution in [3.63, 3.8) is 0 Å². The van der Waals surface area contributed by atoms with E-state index in [-0.39, 0.29) is 11.9 Å². The second kappa shape index (κ2) is 11.1. The molecule has 3 nitrogen and oxygen atoms in total. The van der Waals surface area contributed by atoms with E-state index in [9.17, 15) is 4.79 Å². The summed E-state index contributed by atoms with van der Waals surface area (Å²) in [7, 11) is 3.11. The standard InChI is InChI=1S/C19H30O3/c1-4-5-6-7-8-9-10-11-18(19(20)22-3)16-12-14-17(21-2)15-13-16/h12-15,18H,4-11H2,1-3H3. The Bertz CT molecular complexity index is 411. The lowest BCUT2D eigenvalue weighted by molar-refractivity contribution is -0.142. The van der Waals surface area contributed by atoms with Crippen molar-refractivity contribution in [2.45, 2.75) is 64.2 Å². The van der Waals surface area contributed by atoms with E-state index in [2.05, 4.69) is 6.92 Å². The van der Waals surface area contributed by atoms with Crippen molar-refractivity contribution >= 4 is 5.97 Å². The third-order valence-corrected chi connectivity index (χ3v) is 4.10. The molecule has 0 aliphatic rings. The molecule has 0 aliphatic heterocycles. The average molecular weight is 306 g/mol. The first kappa shape index (κ1) is 18.5. The van der Waals surface area contributed by atoms with E-state index in [0.717, 1.165) is 24.2 Å². The summed E-state index contributed by atoms with van der Waals surface area (Å²) in [4.78, 5) is 12.0. The molecule has 124 valence electrons. The highest BCUT2D eigenvalue weighted by atomic mass is 16.5. The molecule has 0 aliphatic carbocycles. The molecule has 1 unspecified atom stereocenters. The summed E-state index contributed by atoms with van der Waals surface area (Å²) < 4.78 is 10.1. The van der Waals surface area contributed by atoms with E-state index >= 15 is 0 Å². The van der Waals surface area contributed by atoms with Crippen LogP contribution in [0.2, 0.25) is 0 Å². The molecule has 0 N–H and O–H groups in total. The van der Waals surface area contributed by atoms with Crippen LogP contribution in [0.15, 0.2) is 24.3 Å². The summed E-state index contributed by atoms with van der Waals surface area (Å²) in [5, 5.41) is 0. The molecule has 0 radical (unpaired) electrons. The second-order valence-electron chi connectivity index (χ2n) is 5.76. The summed E-state index contributed by atoms with van der Waals surface area (Å²) in [5.41, 5.74) is 1.01. The zero-order chi connectivity index (χ0) is 16.2. The maximum atomic E-state index is 12.0. The molecule has 1 rings (SSSR count). The van der Waals surface area contributed by atoms with E-state index in [4.69, 9.17) is 9.47 Å². The molecular formula is C19H30O3. The van der Waals surface area contributed by atoms with Crippen molar-refractivity contribution in [1.82, 2.24) is 0 Å². The number of ether oxygens (including phenoxy) is 2. The second-order valence-corrected chi connectivity index (χ2v) is 5.76. The van der Waals surface area contributed by atoms with Gasteiger partial charge < -0.3 is 9.47 Å². The van der Waals surface area contributed by atoms with Crippen molar-refractivity contribution < 1.29 is 14.3 Å². The topological polar surface area (TPSA) is 35.5 Å². The Morgan fingerprint density at radius 1 is 0.955 bits per heavy atom. The molecule has 3 heteroatoms. The lowest BCUT2D eigenvalue weighted by Crippen LogP contribution is -2.14. The number of benzene rings is 1. The highest BCUT2D eigenvalue weighted by molar-refractivity contribution is 5.78. The molecule has 0 saturated carbocycles. The molecule has 1 atom stereocenters. The fourth-order valence-electron chi connectivity index (χ4n) is 2.70. The minimum atomic E-state index is -0.161. The summed E-state index contributed by atoms with van der Waals surface area (Å²) in [6.45, 7) is 2.23. The van der Waals surface area contributed by atoms with Gasteiger partial charge in [-0.05, 0) is 24.1 Å². The van der Waals surface area contributed by atoms with Gasteiger partial charge in [-0.1, -0.05) is 64.0 Å². The molecule has 0 spiro atoms. The van der Waals surface area contributed by atoms with Crippen LogP contribution in [0.5, 0.6) is 5.75 Å². The zero-order valence-electron chi connectivity index (χ0n) is 14.3. The maximum absolute atomic E-state index is 12.0. The van der Waals surface area contributed by atoms with Crippen LogP contribution in [0.1, 0.15) is 69.8 Å². The van der Waals surface area contributed by atoms with Gasteiger partial charge in [0, 0.05) is 0 Å². The number of unbranched alkanes of at least 4 members (excludes halogenated alkanes) is 6. The number of rotatable bonds is 11. The SMILES string of the molecule is CCCCCCCCCC(C(=O)OC)c1ccc(OC)cc1. The summed E-state index contributed by atoms with van der Waals surface area (Å²) in [6.07, 6.45) is 9.61. The van der Waals surface area contributed by atoms with Crippen LogP contribution in [0.25, 0.3) is 0 Å². The Labute approximate surface area is 135 Å². The van der Waals surface area contributed by atoms with Gasteiger partial charge in [0.25, 0.3) is 0 Å². The third-order valence-electron chi connectivity index (χ3n) is 4.10. The van der Waals surface area contributed by atoms with E-state index in [1.54, 1.807) is 7.11 Å². The van der Waals surface area contributed by atoms with Gasteiger partial charge in [-0.3, -0.25) is 4.79 Å². The molecule has 0 amide bonds. The van der Waals surface area contributed by atoms with Crippen LogP contribution < -0.4 is 4.74 Å². The van der Waals surface area contributed by atoms with Gasteiger partial charge in [0.1, 0.15) is 5.75 Å². The molecule has 0 saturated heterocycles. The predicted octanol–water partition coefficient (Wildman–Crippen LogP) is 5.09. The van der Waals surface area contributed by atoms with E-state index in [1.807, 2.05) is 24.3 Å². The molecule has 1 aromatic carbocycles. The van der Waals surface area contributed by atoms with Crippen molar-refractivity contribution in [2.24, 2.45) is 0 Å². The smallest absolute Gasteiger partial charge is 0.313 e. The normalized spacial score (nSPS) is 12.0. The lowest BCUT2D eigenvalue weighted by Gasteiger charge is -2.15. The van der Waals surface area contributed by atoms with Crippen LogP contribution in [0.4, 0.5) is 0 Å². The fourth-order valence-corrected chi connectivity index (χ4v) is 2.70. The Kier molecular flexibility index (Phi) is 9.36. The van der Waals surface area contributed by atoms with Crippen LogP contribution in [0, 0.1) is 0 Å². The van der Waals surface area contributed by atoms with E-state index < -0.39 is 0 Å². The molecule has 1 aromatic rings. The summed E-state index contributed by atoms with van der Waals surface area (Å²) in [6, 6.07) is 7.72. The quantitative estimate of drug-likeness (QED) is 0.422. The van der Waals surface area contributed by atoms with Crippen molar-refractivity contribution in [3.8, 4) is 5.75 Å². The first-order chi connectivity index (χ1) is 10.7. The third kappa shape index (κ3) is 6.50. The molecular weight excluding hydrogens is 276 g/mol.